The predicted octanol–water partition coefficient (Wildman–Crippen LogP) is 8.12. The molecule has 11 heteroatoms. The van der Waals surface area contributed by atoms with E-state index in [4.69, 9.17) is 30.2 Å². The van der Waals surface area contributed by atoms with E-state index in [9.17, 15) is 9.90 Å². The molecule has 208 valence electrons. The van der Waals surface area contributed by atoms with E-state index in [2.05, 4.69) is 44.3 Å². The van der Waals surface area contributed by atoms with Crippen molar-refractivity contribution < 1.29 is 28.5 Å². The summed E-state index contributed by atoms with van der Waals surface area (Å²) in [7, 11) is 3.04. The minimum absolute atomic E-state index is 0.0387. The molecule has 0 radical (unpaired) electrons. The lowest BCUT2D eigenvalue weighted by Crippen LogP contribution is -2.00. The van der Waals surface area contributed by atoms with Crippen LogP contribution >= 0.6 is 39.3 Å². The number of ether oxygens (including phenoxy) is 3. The molecule has 0 saturated carbocycles. The number of aliphatic carboxylic acids is 1. The Morgan fingerprint density at radius 2 is 1.80 bits per heavy atom. The quantitative estimate of drug-likeness (QED) is 0.118. The van der Waals surface area contributed by atoms with Crippen LogP contribution in [0.4, 0.5) is 0 Å². The maximum Gasteiger partial charge on any atom is 0.342 e. The fourth-order valence-corrected chi connectivity index (χ4v) is 5.54. The Hall–Kier alpha value is -3.99. The molecule has 0 aliphatic carbocycles. The van der Waals surface area contributed by atoms with Gasteiger partial charge in [0.05, 0.1) is 24.3 Å². The summed E-state index contributed by atoms with van der Waals surface area (Å²) in [6.45, 7) is 0.318. The minimum atomic E-state index is -1.17. The van der Waals surface area contributed by atoms with Gasteiger partial charge in [0.15, 0.2) is 11.5 Å². The number of hydrogen-bond donors (Lipinski definition) is 1. The number of methoxy groups -OCH3 is 2. The molecule has 1 heterocycles. The van der Waals surface area contributed by atoms with Crippen LogP contribution in [0.25, 0.3) is 28.3 Å². The molecule has 0 amide bonds. The maximum absolute atomic E-state index is 12.1. The Kier molecular flexibility index (Phi) is 8.82. The van der Waals surface area contributed by atoms with Gasteiger partial charge < -0.3 is 23.7 Å². The van der Waals surface area contributed by atoms with Gasteiger partial charge in [0, 0.05) is 5.02 Å². The van der Waals surface area contributed by atoms with Crippen LogP contribution in [0, 0.1) is 0 Å². The van der Waals surface area contributed by atoms with Crippen LogP contribution in [0.3, 0.4) is 0 Å². The Labute approximate surface area is 253 Å². The number of aromatic nitrogens is 2. The average Bonchev–Trinajstić information content (AvgIpc) is 3.44. The molecule has 0 unspecified atom stereocenters. The number of nitrogens with zero attached hydrogens (tertiary/aromatic N) is 2. The molecule has 8 nitrogen and oxygen atoms in total. The lowest BCUT2D eigenvalue weighted by molar-refractivity contribution is -0.131. The second kappa shape index (κ2) is 12.7. The Balaban J connectivity index is 1.39. The average molecular weight is 654 g/mol. The summed E-state index contributed by atoms with van der Waals surface area (Å²) in [4.78, 5) is 12.1. The largest absolute Gasteiger partial charge is 0.496 e. The van der Waals surface area contributed by atoms with E-state index in [-0.39, 0.29) is 16.0 Å². The zero-order valence-electron chi connectivity index (χ0n) is 21.8. The Morgan fingerprint density at radius 3 is 2.59 bits per heavy atom. The molecule has 0 fully saturated rings. The number of hydrogen-bond acceptors (Lipinski definition) is 8. The number of carboxylic acids is 1. The molecule has 0 atom stereocenters. The van der Waals surface area contributed by atoms with Crippen molar-refractivity contribution in [2.45, 2.75) is 11.8 Å². The number of carboxylic acid groups (broad SMARTS) is 1. The SMILES string of the molecule is COc1ccc(Cl)cc1-c1nnc(S/C(=C\c2cc(Br)c(OCc3cccc4ccccc34)c(OC)c2)C(=O)O)o1. The highest BCUT2D eigenvalue weighted by atomic mass is 79.9. The molecular weight excluding hydrogens is 632 g/mol. The van der Waals surface area contributed by atoms with Crippen molar-refractivity contribution in [3.63, 3.8) is 0 Å². The van der Waals surface area contributed by atoms with Gasteiger partial charge in [-0.05, 0) is 86.0 Å². The zero-order valence-corrected chi connectivity index (χ0v) is 24.9. The summed E-state index contributed by atoms with van der Waals surface area (Å²) >= 11 is 10.5. The number of benzene rings is 4. The summed E-state index contributed by atoms with van der Waals surface area (Å²) in [5.74, 6) is 0.409. The lowest BCUT2D eigenvalue weighted by atomic mass is 10.1. The summed E-state index contributed by atoms with van der Waals surface area (Å²) in [5.41, 5.74) is 2.08. The first-order valence-electron chi connectivity index (χ1n) is 12.1. The van der Waals surface area contributed by atoms with Crippen LogP contribution in [-0.2, 0) is 11.4 Å². The molecule has 0 aliphatic rings. The van der Waals surface area contributed by atoms with Crippen LogP contribution < -0.4 is 14.2 Å². The van der Waals surface area contributed by atoms with Gasteiger partial charge in [-0.25, -0.2) is 4.79 Å². The molecule has 0 spiro atoms. The summed E-state index contributed by atoms with van der Waals surface area (Å²) in [6.07, 6.45) is 1.48. The predicted molar refractivity (Wildman–Crippen MR) is 162 cm³/mol. The number of rotatable bonds is 10. The fraction of sp³-hybridized carbons (Fsp3) is 0.100. The molecule has 4 aromatic carbocycles. The molecule has 1 N–H and O–H groups in total. The van der Waals surface area contributed by atoms with Crippen molar-refractivity contribution in [1.82, 2.24) is 10.2 Å². The van der Waals surface area contributed by atoms with Gasteiger partial charge in [-0.3, -0.25) is 0 Å². The van der Waals surface area contributed by atoms with Crippen molar-refractivity contribution in [1.29, 1.82) is 0 Å². The summed E-state index contributed by atoms with van der Waals surface area (Å²) < 4.78 is 23.4. The van der Waals surface area contributed by atoms with Crippen LogP contribution in [0.1, 0.15) is 11.1 Å². The van der Waals surface area contributed by atoms with Gasteiger partial charge >= 0.3 is 5.97 Å². The van der Waals surface area contributed by atoms with E-state index in [1.165, 1.54) is 20.3 Å². The van der Waals surface area contributed by atoms with Crippen molar-refractivity contribution in [3.05, 3.63) is 98.3 Å². The van der Waals surface area contributed by atoms with E-state index in [0.29, 0.717) is 44.5 Å². The van der Waals surface area contributed by atoms with Crippen molar-refractivity contribution in [3.8, 4) is 28.7 Å². The molecule has 1 aromatic heterocycles. The monoisotopic (exact) mass is 652 g/mol. The van der Waals surface area contributed by atoms with Gasteiger partial charge in [0.25, 0.3) is 11.1 Å². The van der Waals surface area contributed by atoms with E-state index in [0.717, 1.165) is 28.1 Å². The Bertz CT molecular complexity index is 1770. The molecule has 5 rings (SSSR count). The van der Waals surface area contributed by atoms with Gasteiger partial charge in [0.2, 0.25) is 0 Å². The first-order chi connectivity index (χ1) is 19.9. The topological polar surface area (TPSA) is 104 Å². The highest BCUT2D eigenvalue weighted by Crippen LogP contribution is 2.40. The van der Waals surface area contributed by atoms with Crippen LogP contribution in [0.5, 0.6) is 17.2 Å². The lowest BCUT2D eigenvalue weighted by Gasteiger charge is -2.15. The number of fused-ring (bicyclic) bond motifs is 1. The van der Waals surface area contributed by atoms with Gasteiger partial charge in [-0.1, -0.05) is 54.1 Å². The third-order valence-electron chi connectivity index (χ3n) is 6.01. The van der Waals surface area contributed by atoms with E-state index in [1.54, 1.807) is 30.3 Å². The van der Waals surface area contributed by atoms with E-state index >= 15 is 0 Å². The van der Waals surface area contributed by atoms with Crippen molar-refractivity contribution in [2.75, 3.05) is 14.2 Å². The number of thioether (sulfide) groups is 1. The standard InChI is InChI=1S/C30H22BrClN2O6S/c1-37-24-11-10-20(32)15-22(24)28-33-34-30(40-28)41-26(29(35)36)14-17-12-23(31)27(25(13-17)38-2)39-16-19-8-5-7-18-6-3-4-9-21(18)19/h3-15H,16H2,1-2H3,(H,35,36)/b26-14-. The fourth-order valence-electron chi connectivity index (χ4n) is 4.12. The molecule has 0 aliphatic heterocycles. The van der Waals surface area contributed by atoms with Crippen LogP contribution in [-0.4, -0.2) is 35.5 Å². The Morgan fingerprint density at radius 1 is 1.02 bits per heavy atom. The van der Waals surface area contributed by atoms with Crippen molar-refractivity contribution >= 4 is 62.1 Å². The normalized spacial score (nSPS) is 11.5. The van der Waals surface area contributed by atoms with Gasteiger partial charge in [-0.2, -0.15) is 0 Å². The van der Waals surface area contributed by atoms with E-state index < -0.39 is 5.97 Å². The third kappa shape index (κ3) is 6.51. The minimum Gasteiger partial charge on any atom is -0.496 e. The summed E-state index contributed by atoms with van der Waals surface area (Å²) in [6, 6.07) is 22.6. The first kappa shape index (κ1) is 28.5. The smallest absolute Gasteiger partial charge is 0.342 e. The van der Waals surface area contributed by atoms with Crippen LogP contribution in [0.15, 0.2) is 91.8 Å². The number of halogens is 2. The molecule has 0 saturated heterocycles. The first-order valence-corrected chi connectivity index (χ1v) is 14.1. The van der Waals surface area contributed by atoms with Crippen molar-refractivity contribution in [2.24, 2.45) is 0 Å². The second-order valence-corrected chi connectivity index (χ2v) is 10.9. The van der Waals surface area contributed by atoms with Crippen LogP contribution in [0.2, 0.25) is 5.02 Å². The molecule has 0 bridgehead atoms. The maximum atomic E-state index is 12.1. The molecular formula is C30H22BrClN2O6S. The van der Waals surface area contributed by atoms with E-state index in [1.807, 2.05) is 24.3 Å². The molecule has 5 aromatic rings. The number of carbonyl (C=O) groups is 1. The highest BCUT2D eigenvalue weighted by molar-refractivity contribution is 9.10. The highest BCUT2D eigenvalue weighted by Gasteiger charge is 2.19. The van der Waals surface area contributed by atoms with Gasteiger partial charge in [-0.15, -0.1) is 10.2 Å². The zero-order chi connectivity index (χ0) is 28.9. The molecule has 41 heavy (non-hydrogen) atoms. The van der Waals surface area contributed by atoms with Gasteiger partial charge in [0.1, 0.15) is 17.3 Å². The summed E-state index contributed by atoms with van der Waals surface area (Å²) in [5, 5.41) is 20.7. The third-order valence-corrected chi connectivity index (χ3v) is 7.68. The second-order valence-electron chi connectivity index (χ2n) is 8.59.